The molecule has 5 saturated carbocycles. The van der Waals surface area contributed by atoms with E-state index in [-0.39, 0.29) is 0 Å². The minimum absolute atomic E-state index is 1.14. The van der Waals surface area contributed by atoms with Crippen molar-refractivity contribution in [3.63, 3.8) is 0 Å². The van der Waals surface area contributed by atoms with Crippen LogP contribution in [-0.2, 0) is 0 Å². The Morgan fingerprint density at radius 3 is 1.43 bits per heavy atom. The van der Waals surface area contributed by atoms with Gasteiger partial charge < -0.3 is 0 Å². The predicted molar refractivity (Wildman–Crippen MR) is 97.2 cm³/mol. The van der Waals surface area contributed by atoms with Gasteiger partial charge in [0.05, 0.1) is 0 Å². The quantitative estimate of drug-likeness (QED) is 0.497. The molecule has 5 rings (SSSR count). The number of hydrogen-bond donors (Lipinski definition) is 0. The van der Waals surface area contributed by atoms with Crippen molar-refractivity contribution < 1.29 is 0 Å². The molecule has 0 heteroatoms. The van der Waals surface area contributed by atoms with Crippen LogP contribution >= 0.6 is 0 Å². The highest BCUT2D eigenvalue weighted by Crippen LogP contribution is 2.57. The van der Waals surface area contributed by atoms with E-state index in [2.05, 4.69) is 0 Å². The van der Waals surface area contributed by atoms with Crippen LogP contribution in [0.25, 0.3) is 0 Å². The van der Waals surface area contributed by atoms with Gasteiger partial charge in [-0.25, -0.2) is 0 Å². The zero-order valence-corrected chi connectivity index (χ0v) is 15.2. The fourth-order valence-electron chi connectivity index (χ4n) is 8.52. The molecular weight excluding hydrogens is 276 g/mol. The molecule has 5 fully saturated rings. The third kappa shape index (κ3) is 2.71. The lowest BCUT2D eigenvalue weighted by Crippen LogP contribution is -2.42. The molecule has 0 spiro atoms. The van der Waals surface area contributed by atoms with E-state index in [1.807, 2.05) is 0 Å². The second-order valence-corrected chi connectivity index (χ2v) is 10.2. The first-order chi connectivity index (χ1) is 11.4. The Labute approximate surface area is 144 Å². The predicted octanol–water partition coefficient (Wildman–Crippen LogP) is 6.84. The van der Waals surface area contributed by atoms with Gasteiger partial charge in [0, 0.05) is 0 Å². The molecule has 0 saturated heterocycles. The van der Waals surface area contributed by atoms with E-state index in [4.69, 9.17) is 0 Å². The van der Waals surface area contributed by atoms with E-state index in [0.29, 0.717) is 0 Å². The molecule has 0 bridgehead atoms. The number of fused-ring (bicyclic) bond motifs is 4. The van der Waals surface area contributed by atoms with E-state index < -0.39 is 0 Å². The molecule has 8 atom stereocenters. The average molecular weight is 315 g/mol. The van der Waals surface area contributed by atoms with E-state index in [0.717, 1.165) is 47.3 Å². The normalized spacial score (nSPS) is 53.2. The Morgan fingerprint density at radius 2 is 0.739 bits per heavy atom. The lowest BCUT2D eigenvalue weighted by molar-refractivity contribution is -0.00811. The standard InChI is InChI=1S/C23H38/c1-3-7-20-17(6-1)13-14-22(20)19-12-11-18-10-9-16-5-2-4-8-21(16)23(18)15-19/h16-23H,1-15H2. The van der Waals surface area contributed by atoms with Crippen LogP contribution in [0, 0.1) is 47.3 Å². The van der Waals surface area contributed by atoms with Crippen LogP contribution in [0.3, 0.4) is 0 Å². The molecule has 23 heavy (non-hydrogen) atoms. The fraction of sp³-hybridized carbons (Fsp3) is 1.00. The van der Waals surface area contributed by atoms with Crippen molar-refractivity contribution in [2.24, 2.45) is 47.3 Å². The molecule has 0 aromatic heterocycles. The van der Waals surface area contributed by atoms with Crippen LogP contribution < -0.4 is 0 Å². The highest BCUT2D eigenvalue weighted by molar-refractivity contribution is 4.97. The van der Waals surface area contributed by atoms with Gasteiger partial charge in [-0.1, -0.05) is 38.5 Å². The Bertz CT molecular complexity index is 412. The van der Waals surface area contributed by atoms with Crippen molar-refractivity contribution in [1.82, 2.24) is 0 Å². The monoisotopic (exact) mass is 314 g/mol. The molecule has 5 aliphatic carbocycles. The average Bonchev–Trinajstić information content (AvgIpc) is 3.05. The van der Waals surface area contributed by atoms with Gasteiger partial charge >= 0.3 is 0 Å². The first-order valence-electron chi connectivity index (χ1n) is 11.4. The minimum Gasteiger partial charge on any atom is -0.0530 e. The summed E-state index contributed by atoms with van der Waals surface area (Å²) in [4.78, 5) is 0. The van der Waals surface area contributed by atoms with Crippen molar-refractivity contribution in [2.75, 3.05) is 0 Å². The third-order valence-electron chi connectivity index (χ3n) is 9.51. The lowest BCUT2D eigenvalue weighted by Gasteiger charge is -2.51. The largest absolute Gasteiger partial charge is 0.0530 e. The summed E-state index contributed by atoms with van der Waals surface area (Å²) >= 11 is 0. The van der Waals surface area contributed by atoms with Gasteiger partial charge in [-0.2, -0.15) is 0 Å². The van der Waals surface area contributed by atoms with Gasteiger partial charge in [-0.3, -0.25) is 0 Å². The smallest absolute Gasteiger partial charge is 0.0352 e. The van der Waals surface area contributed by atoms with Crippen LogP contribution in [-0.4, -0.2) is 0 Å². The van der Waals surface area contributed by atoms with Gasteiger partial charge in [0.25, 0.3) is 0 Å². The molecule has 0 amide bonds. The van der Waals surface area contributed by atoms with Crippen molar-refractivity contribution >= 4 is 0 Å². The summed E-state index contributed by atoms with van der Waals surface area (Å²) in [5, 5.41) is 0. The molecule has 0 N–H and O–H groups in total. The van der Waals surface area contributed by atoms with Gasteiger partial charge in [-0.15, -0.1) is 0 Å². The van der Waals surface area contributed by atoms with Crippen molar-refractivity contribution in [3.05, 3.63) is 0 Å². The molecule has 0 aliphatic heterocycles. The zero-order chi connectivity index (χ0) is 15.2. The molecule has 8 unspecified atom stereocenters. The summed E-state index contributed by atoms with van der Waals surface area (Å²) in [7, 11) is 0. The lowest BCUT2D eigenvalue weighted by atomic mass is 9.54. The first-order valence-corrected chi connectivity index (χ1v) is 11.4. The topological polar surface area (TPSA) is 0 Å². The summed E-state index contributed by atoms with van der Waals surface area (Å²) in [6.07, 6.45) is 23.9. The fourth-order valence-corrected chi connectivity index (χ4v) is 8.52. The van der Waals surface area contributed by atoms with Crippen molar-refractivity contribution in [2.45, 2.75) is 96.3 Å². The molecule has 0 radical (unpaired) electrons. The van der Waals surface area contributed by atoms with E-state index in [1.165, 1.54) is 0 Å². The highest BCUT2D eigenvalue weighted by atomic mass is 14.5. The molecular formula is C23H38. The van der Waals surface area contributed by atoms with Crippen LogP contribution in [0.4, 0.5) is 0 Å². The number of hydrogen-bond acceptors (Lipinski definition) is 0. The first kappa shape index (κ1) is 15.3. The van der Waals surface area contributed by atoms with E-state index in [1.54, 1.807) is 96.3 Å². The summed E-state index contributed by atoms with van der Waals surface area (Å²) in [6, 6.07) is 0. The van der Waals surface area contributed by atoms with E-state index in [9.17, 15) is 0 Å². The summed E-state index contributed by atoms with van der Waals surface area (Å²) < 4.78 is 0. The van der Waals surface area contributed by atoms with Crippen LogP contribution in [0.2, 0.25) is 0 Å². The van der Waals surface area contributed by atoms with Crippen LogP contribution in [0.5, 0.6) is 0 Å². The van der Waals surface area contributed by atoms with Crippen molar-refractivity contribution in [1.29, 1.82) is 0 Å². The zero-order valence-electron chi connectivity index (χ0n) is 15.2. The van der Waals surface area contributed by atoms with Crippen molar-refractivity contribution in [3.8, 4) is 0 Å². The Balaban J connectivity index is 1.30. The molecule has 130 valence electrons. The molecule has 5 aliphatic rings. The van der Waals surface area contributed by atoms with Gasteiger partial charge in [-0.05, 0) is 105 Å². The van der Waals surface area contributed by atoms with Gasteiger partial charge in [0.15, 0.2) is 0 Å². The SMILES string of the molecule is C1CCC2C(C1)CCC2C1CCC2CCC3CCCCC3C2C1. The molecule has 0 aromatic rings. The second-order valence-electron chi connectivity index (χ2n) is 10.2. The summed E-state index contributed by atoms with van der Waals surface area (Å²) in [6.45, 7) is 0. The van der Waals surface area contributed by atoms with Gasteiger partial charge in [0.1, 0.15) is 0 Å². The summed E-state index contributed by atoms with van der Waals surface area (Å²) in [5.74, 6) is 9.24. The summed E-state index contributed by atoms with van der Waals surface area (Å²) in [5.41, 5.74) is 0. The second kappa shape index (κ2) is 6.38. The maximum absolute atomic E-state index is 1.67. The maximum atomic E-state index is 1.67. The molecule has 0 nitrogen and oxygen atoms in total. The maximum Gasteiger partial charge on any atom is -0.0352 e. The highest BCUT2D eigenvalue weighted by Gasteiger charge is 2.47. The van der Waals surface area contributed by atoms with Crippen LogP contribution in [0.1, 0.15) is 96.3 Å². The van der Waals surface area contributed by atoms with Gasteiger partial charge in [0.2, 0.25) is 0 Å². The molecule has 0 heterocycles. The third-order valence-corrected chi connectivity index (χ3v) is 9.51. The Hall–Kier alpha value is 0. The van der Waals surface area contributed by atoms with E-state index >= 15 is 0 Å². The Morgan fingerprint density at radius 1 is 0.304 bits per heavy atom. The number of rotatable bonds is 1. The minimum atomic E-state index is 1.14. The molecule has 0 aromatic carbocycles. The van der Waals surface area contributed by atoms with Crippen LogP contribution in [0.15, 0.2) is 0 Å². The Kier molecular flexibility index (Phi) is 4.23.